The zero-order valence-corrected chi connectivity index (χ0v) is 6.57. The van der Waals surface area contributed by atoms with Crippen molar-refractivity contribution in [3.63, 3.8) is 0 Å². The fraction of sp³-hybridized carbons (Fsp3) is 1.00. The van der Waals surface area contributed by atoms with E-state index < -0.39 is 18.3 Å². The van der Waals surface area contributed by atoms with Crippen LogP contribution in [0, 0.1) is 0 Å². The molecule has 1 aliphatic rings. The third-order valence-electron chi connectivity index (χ3n) is 2.16. The van der Waals surface area contributed by atoms with Crippen LogP contribution in [0.2, 0.25) is 0 Å². The normalized spacial score (nSPS) is 40.9. The molecule has 4 heteroatoms. The Balaban J connectivity index is 2.47. The van der Waals surface area contributed by atoms with Crippen molar-refractivity contribution in [2.45, 2.75) is 37.7 Å². The van der Waals surface area contributed by atoms with E-state index >= 15 is 0 Å². The lowest BCUT2D eigenvalue weighted by Gasteiger charge is -2.20. The summed E-state index contributed by atoms with van der Waals surface area (Å²) in [5.74, 6) is 0. The lowest BCUT2D eigenvalue weighted by Crippen LogP contribution is -2.42. The Kier molecular flexibility index (Phi) is 2.84. The molecule has 0 spiro atoms. The van der Waals surface area contributed by atoms with Crippen LogP contribution in [0.3, 0.4) is 0 Å². The molecular formula is C7H15NO3. The predicted octanol–water partition coefficient (Wildman–Crippen LogP) is -1.55. The molecular weight excluding hydrogens is 146 g/mol. The lowest BCUT2D eigenvalue weighted by molar-refractivity contribution is 0.00598. The van der Waals surface area contributed by atoms with Gasteiger partial charge < -0.3 is 20.6 Å². The molecule has 0 aromatic heterocycles. The van der Waals surface area contributed by atoms with Gasteiger partial charge in [0, 0.05) is 6.54 Å². The van der Waals surface area contributed by atoms with E-state index in [4.69, 9.17) is 5.11 Å². The van der Waals surface area contributed by atoms with E-state index in [-0.39, 0.29) is 6.04 Å². The zero-order valence-electron chi connectivity index (χ0n) is 6.57. The summed E-state index contributed by atoms with van der Waals surface area (Å²) in [5, 5.41) is 30.5. The molecule has 66 valence electrons. The van der Waals surface area contributed by atoms with Crippen LogP contribution >= 0.6 is 0 Å². The van der Waals surface area contributed by atoms with Gasteiger partial charge in [-0.1, -0.05) is 6.92 Å². The molecule has 1 rings (SSSR count). The lowest BCUT2D eigenvalue weighted by atomic mass is 10.0. The summed E-state index contributed by atoms with van der Waals surface area (Å²) in [7, 11) is 0. The van der Waals surface area contributed by atoms with Crippen LogP contribution in [0.25, 0.3) is 0 Å². The Labute approximate surface area is 65.9 Å². The second-order valence-corrected chi connectivity index (χ2v) is 2.97. The standard InChI is InChI=1S/C7H15NO3/c1-2-4(9)6-7(11)5(10)3-8-6/h4-11H,2-3H2,1H3/t4?,5-,6-,7+/m0/s1. The molecule has 0 saturated carbocycles. The largest absolute Gasteiger partial charge is 0.391 e. The Morgan fingerprint density at radius 3 is 2.55 bits per heavy atom. The molecule has 0 aliphatic carbocycles. The van der Waals surface area contributed by atoms with Gasteiger partial charge in [0.2, 0.25) is 0 Å². The van der Waals surface area contributed by atoms with Crippen molar-refractivity contribution in [3.8, 4) is 0 Å². The summed E-state index contributed by atoms with van der Waals surface area (Å²) in [5.41, 5.74) is 0. The van der Waals surface area contributed by atoms with E-state index in [0.29, 0.717) is 13.0 Å². The van der Waals surface area contributed by atoms with Crippen molar-refractivity contribution in [3.05, 3.63) is 0 Å². The van der Waals surface area contributed by atoms with Gasteiger partial charge in [-0.25, -0.2) is 0 Å². The average molecular weight is 161 g/mol. The summed E-state index contributed by atoms with van der Waals surface area (Å²) in [6.45, 7) is 2.20. The Bertz CT molecular complexity index is 131. The van der Waals surface area contributed by atoms with Crippen molar-refractivity contribution < 1.29 is 15.3 Å². The fourth-order valence-corrected chi connectivity index (χ4v) is 1.36. The first-order valence-corrected chi connectivity index (χ1v) is 3.94. The number of hydrogen-bond donors (Lipinski definition) is 4. The highest BCUT2D eigenvalue weighted by Gasteiger charge is 2.36. The fourth-order valence-electron chi connectivity index (χ4n) is 1.36. The van der Waals surface area contributed by atoms with Gasteiger partial charge in [0.15, 0.2) is 0 Å². The molecule has 0 aromatic rings. The third-order valence-corrected chi connectivity index (χ3v) is 2.16. The van der Waals surface area contributed by atoms with Gasteiger partial charge in [-0.05, 0) is 6.42 Å². The maximum atomic E-state index is 9.31. The molecule has 0 bridgehead atoms. The van der Waals surface area contributed by atoms with Crippen LogP contribution < -0.4 is 5.32 Å². The van der Waals surface area contributed by atoms with Crippen LogP contribution in [0.5, 0.6) is 0 Å². The highest BCUT2D eigenvalue weighted by atomic mass is 16.3. The van der Waals surface area contributed by atoms with Gasteiger partial charge in [0.1, 0.15) is 0 Å². The van der Waals surface area contributed by atoms with Crippen LogP contribution in [0.1, 0.15) is 13.3 Å². The minimum Gasteiger partial charge on any atom is -0.391 e. The van der Waals surface area contributed by atoms with Crippen molar-refractivity contribution in [1.29, 1.82) is 0 Å². The van der Waals surface area contributed by atoms with Crippen molar-refractivity contribution in [1.82, 2.24) is 5.32 Å². The number of aliphatic hydroxyl groups excluding tert-OH is 3. The monoisotopic (exact) mass is 161 g/mol. The first-order valence-electron chi connectivity index (χ1n) is 3.94. The van der Waals surface area contributed by atoms with Crippen LogP contribution in [-0.2, 0) is 0 Å². The van der Waals surface area contributed by atoms with E-state index in [0.717, 1.165) is 0 Å². The van der Waals surface area contributed by atoms with Gasteiger partial charge in [-0.2, -0.15) is 0 Å². The molecule has 11 heavy (non-hydrogen) atoms. The maximum absolute atomic E-state index is 9.31. The Hall–Kier alpha value is -0.160. The molecule has 1 unspecified atom stereocenters. The van der Waals surface area contributed by atoms with E-state index in [1.54, 1.807) is 0 Å². The first-order chi connectivity index (χ1) is 5.16. The topological polar surface area (TPSA) is 72.7 Å². The quantitative estimate of drug-likeness (QED) is 0.396. The number of β-amino-alcohol motifs (C(OH)–C–C–N with tert-alkyl or cyclic N) is 1. The van der Waals surface area contributed by atoms with Crippen molar-refractivity contribution >= 4 is 0 Å². The van der Waals surface area contributed by atoms with Gasteiger partial charge in [0.25, 0.3) is 0 Å². The molecule has 0 radical (unpaired) electrons. The Morgan fingerprint density at radius 2 is 2.18 bits per heavy atom. The average Bonchev–Trinajstić information content (AvgIpc) is 2.32. The summed E-state index contributed by atoms with van der Waals surface area (Å²) in [4.78, 5) is 0. The van der Waals surface area contributed by atoms with Gasteiger partial charge >= 0.3 is 0 Å². The molecule has 1 fully saturated rings. The van der Waals surface area contributed by atoms with Crippen molar-refractivity contribution in [2.75, 3.05) is 6.54 Å². The Morgan fingerprint density at radius 1 is 1.55 bits per heavy atom. The minimum atomic E-state index is -0.829. The van der Waals surface area contributed by atoms with Crippen LogP contribution in [0.4, 0.5) is 0 Å². The second-order valence-electron chi connectivity index (χ2n) is 2.97. The highest BCUT2D eigenvalue weighted by molar-refractivity contribution is 4.93. The molecule has 1 saturated heterocycles. The number of hydrogen-bond acceptors (Lipinski definition) is 4. The number of aliphatic hydroxyl groups is 3. The smallest absolute Gasteiger partial charge is 0.0989 e. The van der Waals surface area contributed by atoms with Crippen LogP contribution in [-0.4, -0.2) is 46.2 Å². The van der Waals surface area contributed by atoms with Gasteiger partial charge in [0.05, 0.1) is 24.4 Å². The van der Waals surface area contributed by atoms with Crippen molar-refractivity contribution in [2.24, 2.45) is 0 Å². The molecule has 1 aliphatic heterocycles. The predicted molar refractivity (Wildman–Crippen MR) is 40.1 cm³/mol. The van der Waals surface area contributed by atoms with Crippen LogP contribution in [0.15, 0.2) is 0 Å². The van der Waals surface area contributed by atoms with Gasteiger partial charge in [-0.3, -0.25) is 0 Å². The maximum Gasteiger partial charge on any atom is 0.0989 e. The molecule has 4 atom stereocenters. The van der Waals surface area contributed by atoms with Gasteiger partial charge in [-0.15, -0.1) is 0 Å². The van der Waals surface area contributed by atoms with E-state index in [9.17, 15) is 10.2 Å². The summed E-state index contributed by atoms with van der Waals surface area (Å²) in [6.07, 6.45) is -1.55. The van der Waals surface area contributed by atoms with E-state index in [1.807, 2.05) is 6.92 Å². The van der Waals surface area contributed by atoms with E-state index in [2.05, 4.69) is 5.32 Å². The SMILES string of the molecule is CCC(O)[C@@H]1NC[C@H](O)[C@H]1O. The third kappa shape index (κ3) is 1.70. The molecule has 1 heterocycles. The zero-order chi connectivity index (χ0) is 8.43. The summed E-state index contributed by atoms with van der Waals surface area (Å²) >= 11 is 0. The summed E-state index contributed by atoms with van der Waals surface area (Å²) in [6, 6.07) is -0.366. The molecule has 0 amide bonds. The molecule has 4 nitrogen and oxygen atoms in total. The van der Waals surface area contributed by atoms with E-state index in [1.165, 1.54) is 0 Å². The number of rotatable bonds is 2. The number of nitrogens with one attached hydrogen (secondary N) is 1. The summed E-state index contributed by atoms with van der Waals surface area (Å²) < 4.78 is 0. The molecule has 0 aromatic carbocycles. The first kappa shape index (κ1) is 8.93. The molecule has 4 N–H and O–H groups in total. The highest BCUT2D eigenvalue weighted by Crippen LogP contribution is 2.12. The minimum absolute atomic E-state index is 0.364. The second kappa shape index (κ2) is 3.49.